The summed E-state index contributed by atoms with van der Waals surface area (Å²) in [6.45, 7) is 6.45. The summed E-state index contributed by atoms with van der Waals surface area (Å²) in [7, 11) is 0. The summed E-state index contributed by atoms with van der Waals surface area (Å²) in [5.41, 5.74) is 1.06. The molecule has 0 spiro atoms. The van der Waals surface area contributed by atoms with Gasteiger partial charge in [-0.2, -0.15) is 0 Å². The number of hydrogen-bond donors (Lipinski definition) is 3. The minimum Gasteiger partial charge on any atom is -0.482 e. The number of ether oxygens (including phenoxy) is 2. The van der Waals surface area contributed by atoms with Crippen molar-refractivity contribution in [1.82, 2.24) is 10.2 Å². The van der Waals surface area contributed by atoms with Gasteiger partial charge in [-0.15, -0.1) is 0 Å². The fourth-order valence-corrected chi connectivity index (χ4v) is 6.97. The maximum Gasteiger partial charge on any atom is 0.248 e. The molecular formula is C35H46FIN2O6. The quantitative estimate of drug-likeness (QED) is 0.253. The molecule has 0 aromatic heterocycles. The van der Waals surface area contributed by atoms with Gasteiger partial charge in [0, 0.05) is 25.1 Å². The summed E-state index contributed by atoms with van der Waals surface area (Å²) < 4.78 is 27.5. The standard InChI is InChI=1S/C35H46FIN2O6/c1-22(2)27-12-11-23(3)17-31(27)44-21-33(41)39(15-13-24-7-6-8-26(36)18-24)29-19-25(35(43)38-14-16-40)20-32(34(29)42)45-30-10-5-4-9-28(30)37/h4-10,18,20,22-23,27,29,31-32,34,40,42H,11-17,19,21H2,1-3H3,(H,38,43)/t23-,27+,29+,31-,32-,34-/m0/s1. The first-order valence-corrected chi connectivity index (χ1v) is 17.0. The Hall–Kier alpha value is -2.54. The minimum atomic E-state index is -1.16. The maximum atomic E-state index is 14.1. The van der Waals surface area contributed by atoms with Crippen LogP contribution in [-0.4, -0.2) is 77.6 Å². The van der Waals surface area contributed by atoms with Crippen LogP contribution in [0.2, 0.25) is 0 Å². The second kappa shape index (κ2) is 16.9. The van der Waals surface area contributed by atoms with E-state index >= 15 is 0 Å². The lowest BCUT2D eigenvalue weighted by Crippen LogP contribution is -2.56. The summed E-state index contributed by atoms with van der Waals surface area (Å²) in [5, 5.41) is 23.7. The molecular weight excluding hydrogens is 690 g/mol. The number of para-hydroxylation sites is 1. The molecule has 8 nitrogen and oxygen atoms in total. The van der Waals surface area contributed by atoms with Crippen LogP contribution >= 0.6 is 22.6 Å². The smallest absolute Gasteiger partial charge is 0.248 e. The van der Waals surface area contributed by atoms with Crippen molar-refractivity contribution < 1.29 is 33.7 Å². The topological polar surface area (TPSA) is 108 Å². The number of carbonyl (C=O) groups excluding carboxylic acids is 2. The Balaban J connectivity index is 1.62. The number of halogens is 2. The van der Waals surface area contributed by atoms with E-state index in [2.05, 4.69) is 48.7 Å². The number of nitrogens with one attached hydrogen (secondary N) is 1. The number of nitrogens with zero attached hydrogens (tertiary/aromatic N) is 1. The molecule has 246 valence electrons. The van der Waals surface area contributed by atoms with Crippen molar-refractivity contribution in [2.24, 2.45) is 17.8 Å². The van der Waals surface area contributed by atoms with Gasteiger partial charge in [-0.1, -0.05) is 51.5 Å². The molecule has 3 N–H and O–H groups in total. The lowest BCUT2D eigenvalue weighted by molar-refractivity contribution is -0.148. The molecule has 6 atom stereocenters. The Morgan fingerprint density at radius 3 is 2.64 bits per heavy atom. The van der Waals surface area contributed by atoms with Gasteiger partial charge in [-0.25, -0.2) is 4.39 Å². The van der Waals surface area contributed by atoms with E-state index < -0.39 is 24.2 Å². The van der Waals surface area contributed by atoms with Gasteiger partial charge in [0.25, 0.3) is 0 Å². The lowest BCUT2D eigenvalue weighted by atomic mass is 9.75. The minimum absolute atomic E-state index is 0.0463. The Morgan fingerprint density at radius 2 is 1.93 bits per heavy atom. The average molecular weight is 737 g/mol. The van der Waals surface area contributed by atoms with E-state index in [0.717, 1.165) is 22.8 Å². The predicted molar refractivity (Wildman–Crippen MR) is 179 cm³/mol. The average Bonchev–Trinajstić information content (AvgIpc) is 3.01. The third-order valence-corrected chi connectivity index (χ3v) is 9.84. The van der Waals surface area contributed by atoms with E-state index in [0.29, 0.717) is 41.1 Å². The zero-order valence-electron chi connectivity index (χ0n) is 26.3. The molecule has 0 aliphatic heterocycles. The molecule has 0 heterocycles. The van der Waals surface area contributed by atoms with Crippen molar-refractivity contribution in [3.05, 3.63) is 75.1 Å². The highest BCUT2D eigenvalue weighted by atomic mass is 127. The molecule has 2 aromatic carbocycles. The number of amides is 2. The van der Waals surface area contributed by atoms with Crippen LogP contribution in [0.1, 0.15) is 52.0 Å². The molecule has 0 saturated heterocycles. The summed E-state index contributed by atoms with van der Waals surface area (Å²) in [6.07, 6.45) is 2.96. The number of benzene rings is 2. The van der Waals surface area contributed by atoms with E-state index in [1.807, 2.05) is 18.2 Å². The molecule has 45 heavy (non-hydrogen) atoms. The van der Waals surface area contributed by atoms with Crippen molar-refractivity contribution in [3.8, 4) is 5.75 Å². The molecule has 2 aliphatic rings. The lowest BCUT2D eigenvalue weighted by Gasteiger charge is -2.41. The third kappa shape index (κ3) is 9.73. The first kappa shape index (κ1) is 35.3. The van der Waals surface area contributed by atoms with E-state index in [9.17, 15) is 24.2 Å². The van der Waals surface area contributed by atoms with E-state index in [1.54, 1.807) is 29.2 Å². The zero-order valence-corrected chi connectivity index (χ0v) is 28.5. The highest BCUT2D eigenvalue weighted by molar-refractivity contribution is 14.1. The van der Waals surface area contributed by atoms with Gasteiger partial charge in [0.1, 0.15) is 30.4 Å². The molecule has 2 aliphatic carbocycles. The van der Waals surface area contributed by atoms with Crippen molar-refractivity contribution >= 4 is 34.4 Å². The van der Waals surface area contributed by atoms with E-state index in [4.69, 9.17) is 9.47 Å². The molecule has 0 radical (unpaired) electrons. The van der Waals surface area contributed by atoms with Crippen LogP contribution in [0.15, 0.2) is 60.2 Å². The first-order valence-electron chi connectivity index (χ1n) is 15.9. The highest BCUT2D eigenvalue weighted by Gasteiger charge is 2.41. The summed E-state index contributed by atoms with van der Waals surface area (Å²) in [4.78, 5) is 28.8. The van der Waals surface area contributed by atoms with Crippen LogP contribution in [0.5, 0.6) is 5.75 Å². The van der Waals surface area contributed by atoms with Crippen LogP contribution < -0.4 is 10.1 Å². The fraction of sp³-hybridized carbons (Fsp3) is 0.543. The molecule has 10 heteroatoms. The molecule has 0 unspecified atom stereocenters. The van der Waals surface area contributed by atoms with Crippen molar-refractivity contribution in [2.45, 2.75) is 77.2 Å². The molecule has 4 rings (SSSR count). The van der Waals surface area contributed by atoms with Crippen LogP contribution in [0.25, 0.3) is 0 Å². The van der Waals surface area contributed by atoms with Crippen LogP contribution in [0.3, 0.4) is 0 Å². The zero-order chi connectivity index (χ0) is 32.5. The first-order chi connectivity index (χ1) is 21.6. The Labute approximate surface area is 279 Å². The van der Waals surface area contributed by atoms with Gasteiger partial charge in [0.05, 0.1) is 22.3 Å². The number of aliphatic hydroxyl groups excluding tert-OH is 2. The van der Waals surface area contributed by atoms with Crippen LogP contribution in [0, 0.1) is 27.1 Å². The SMILES string of the molecule is CC(C)[C@H]1CC[C@H](C)C[C@@H]1OCC(=O)N(CCc1cccc(F)c1)[C@@H]1CC(C(=O)NCCO)=C[C@H](Oc2ccccc2I)[C@H]1O. The maximum absolute atomic E-state index is 14.1. The molecule has 2 aromatic rings. The highest BCUT2D eigenvalue weighted by Crippen LogP contribution is 2.36. The number of hydrogen-bond acceptors (Lipinski definition) is 6. The monoisotopic (exact) mass is 736 g/mol. The number of aliphatic hydroxyl groups is 2. The van der Waals surface area contributed by atoms with Crippen LogP contribution in [0.4, 0.5) is 4.39 Å². The van der Waals surface area contributed by atoms with Gasteiger partial charge in [-0.3, -0.25) is 9.59 Å². The second-order valence-corrected chi connectivity index (χ2v) is 13.8. The van der Waals surface area contributed by atoms with Gasteiger partial charge < -0.3 is 29.9 Å². The van der Waals surface area contributed by atoms with E-state index in [-0.39, 0.29) is 50.6 Å². The Morgan fingerprint density at radius 1 is 1.16 bits per heavy atom. The molecule has 2 amide bonds. The summed E-state index contributed by atoms with van der Waals surface area (Å²) in [5.74, 6) is 0.753. The third-order valence-electron chi connectivity index (χ3n) is 8.95. The summed E-state index contributed by atoms with van der Waals surface area (Å²) >= 11 is 2.15. The second-order valence-electron chi connectivity index (χ2n) is 12.6. The van der Waals surface area contributed by atoms with Gasteiger partial charge >= 0.3 is 0 Å². The van der Waals surface area contributed by atoms with Crippen molar-refractivity contribution in [3.63, 3.8) is 0 Å². The molecule has 0 bridgehead atoms. The van der Waals surface area contributed by atoms with E-state index in [1.165, 1.54) is 12.1 Å². The Bertz CT molecular complexity index is 1320. The predicted octanol–water partition coefficient (Wildman–Crippen LogP) is 4.89. The Kier molecular flexibility index (Phi) is 13.2. The van der Waals surface area contributed by atoms with Gasteiger partial charge in [0.15, 0.2) is 0 Å². The van der Waals surface area contributed by atoms with Crippen molar-refractivity contribution in [2.75, 3.05) is 26.3 Å². The summed E-state index contributed by atoms with van der Waals surface area (Å²) in [6, 6.07) is 12.8. The van der Waals surface area contributed by atoms with Crippen LogP contribution in [-0.2, 0) is 20.7 Å². The van der Waals surface area contributed by atoms with Crippen molar-refractivity contribution in [1.29, 1.82) is 0 Å². The van der Waals surface area contributed by atoms with Gasteiger partial charge in [-0.05, 0) is 95.5 Å². The fourth-order valence-electron chi connectivity index (χ4n) is 6.45. The largest absolute Gasteiger partial charge is 0.482 e. The number of rotatable bonds is 13. The van der Waals surface area contributed by atoms with Gasteiger partial charge in [0.2, 0.25) is 11.8 Å². The molecule has 1 fully saturated rings. The molecule has 1 saturated carbocycles. The normalized spacial score (nSPS) is 25.0. The number of carbonyl (C=O) groups is 2.